The van der Waals surface area contributed by atoms with Crippen LogP contribution in [0.15, 0.2) is 66.7 Å². The number of nitrogens with zero attached hydrogens (tertiary/aromatic N) is 1. The predicted molar refractivity (Wildman–Crippen MR) is 133 cm³/mol. The molecule has 0 bridgehead atoms. The Morgan fingerprint density at radius 3 is 2.33 bits per heavy atom. The molecule has 1 aliphatic rings. The van der Waals surface area contributed by atoms with Gasteiger partial charge >= 0.3 is 6.09 Å². The van der Waals surface area contributed by atoms with Gasteiger partial charge in [0.15, 0.2) is 18.1 Å². The fourth-order valence-electron chi connectivity index (χ4n) is 3.63. The van der Waals surface area contributed by atoms with Gasteiger partial charge in [-0.05, 0) is 42.5 Å². The number of para-hydroxylation sites is 4. The fraction of sp³-hybridized carbons (Fsp3) is 0.192. The quantitative estimate of drug-likeness (QED) is 0.466. The summed E-state index contributed by atoms with van der Waals surface area (Å²) in [7, 11) is 2.95. The molecule has 3 amide bonds. The average Bonchev–Trinajstić information content (AvgIpc) is 3.33. The molecule has 36 heavy (non-hydrogen) atoms. The van der Waals surface area contributed by atoms with Gasteiger partial charge in [0.05, 0.1) is 37.8 Å². The molecule has 0 saturated carbocycles. The second-order valence-corrected chi connectivity index (χ2v) is 7.64. The molecule has 1 saturated heterocycles. The van der Waals surface area contributed by atoms with Crippen molar-refractivity contribution >= 4 is 35.0 Å². The number of hydrogen-bond acceptors (Lipinski definition) is 7. The maximum absolute atomic E-state index is 13.0. The van der Waals surface area contributed by atoms with E-state index in [1.54, 1.807) is 60.7 Å². The van der Waals surface area contributed by atoms with E-state index < -0.39 is 12.0 Å². The number of benzene rings is 3. The van der Waals surface area contributed by atoms with Crippen LogP contribution in [0, 0.1) is 0 Å². The van der Waals surface area contributed by atoms with Gasteiger partial charge in [-0.25, -0.2) is 4.79 Å². The number of cyclic esters (lactones) is 1. The lowest BCUT2D eigenvalue weighted by atomic mass is 10.1. The number of carbonyl (C=O) groups is 3. The van der Waals surface area contributed by atoms with Gasteiger partial charge in [0.2, 0.25) is 0 Å². The minimum atomic E-state index is -0.463. The summed E-state index contributed by atoms with van der Waals surface area (Å²) in [4.78, 5) is 38.8. The van der Waals surface area contributed by atoms with Crippen molar-refractivity contribution in [3.63, 3.8) is 0 Å². The smallest absolute Gasteiger partial charge is 0.414 e. The summed E-state index contributed by atoms with van der Waals surface area (Å²) in [6.07, 6.45) is -0.463. The molecule has 2 N–H and O–H groups in total. The number of anilines is 3. The van der Waals surface area contributed by atoms with Crippen molar-refractivity contribution in [1.82, 2.24) is 0 Å². The SMILES string of the molecule is COc1ccccc1NC(=O)COc1ccc(C(=O)Nc2ccccc2N2CCOC2=O)cc1OC. The Morgan fingerprint density at radius 2 is 1.61 bits per heavy atom. The Hall–Kier alpha value is -4.73. The summed E-state index contributed by atoms with van der Waals surface area (Å²) in [5.41, 5.74) is 1.83. The molecule has 0 aliphatic carbocycles. The number of nitrogens with one attached hydrogen (secondary N) is 2. The maximum atomic E-state index is 13.0. The third-order valence-corrected chi connectivity index (χ3v) is 5.37. The Labute approximate surface area is 207 Å². The van der Waals surface area contributed by atoms with E-state index in [4.69, 9.17) is 18.9 Å². The zero-order chi connectivity index (χ0) is 25.5. The molecular weight excluding hydrogens is 466 g/mol. The van der Waals surface area contributed by atoms with E-state index in [0.29, 0.717) is 40.7 Å². The van der Waals surface area contributed by atoms with Crippen LogP contribution < -0.4 is 29.7 Å². The van der Waals surface area contributed by atoms with E-state index >= 15 is 0 Å². The van der Waals surface area contributed by atoms with E-state index in [1.807, 2.05) is 0 Å². The summed E-state index contributed by atoms with van der Waals surface area (Å²) in [6, 6.07) is 18.6. The average molecular weight is 492 g/mol. The summed E-state index contributed by atoms with van der Waals surface area (Å²) >= 11 is 0. The van der Waals surface area contributed by atoms with Gasteiger partial charge in [-0.2, -0.15) is 0 Å². The molecule has 0 radical (unpaired) electrons. The van der Waals surface area contributed by atoms with Crippen LogP contribution in [0.2, 0.25) is 0 Å². The highest BCUT2D eigenvalue weighted by Gasteiger charge is 2.26. The Balaban J connectivity index is 1.42. The Kier molecular flexibility index (Phi) is 7.54. The first-order valence-corrected chi connectivity index (χ1v) is 11.1. The van der Waals surface area contributed by atoms with Crippen molar-refractivity contribution in [2.24, 2.45) is 0 Å². The number of methoxy groups -OCH3 is 2. The van der Waals surface area contributed by atoms with Crippen molar-refractivity contribution in [3.8, 4) is 17.2 Å². The number of carbonyl (C=O) groups excluding carboxylic acids is 3. The van der Waals surface area contributed by atoms with Crippen LogP contribution >= 0.6 is 0 Å². The van der Waals surface area contributed by atoms with E-state index in [2.05, 4.69) is 10.6 Å². The van der Waals surface area contributed by atoms with E-state index in [9.17, 15) is 14.4 Å². The predicted octanol–water partition coefficient (Wildman–Crippen LogP) is 3.93. The van der Waals surface area contributed by atoms with Crippen LogP contribution in [-0.2, 0) is 9.53 Å². The lowest BCUT2D eigenvalue weighted by molar-refractivity contribution is -0.118. The summed E-state index contributed by atoms with van der Waals surface area (Å²) in [5.74, 6) is 0.310. The normalized spacial score (nSPS) is 12.5. The third kappa shape index (κ3) is 5.49. The summed E-state index contributed by atoms with van der Waals surface area (Å²) in [5, 5.41) is 5.55. The van der Waals surface area contributed by atoms with Crippen molar-refractivity contribution < 1.29 is 33.3 Å². The molecule has 3 aromatic rings. The van der Waals surface area contributed by atoms with E-state index in [-0.39, 0.29) is 24.9 Å². The molecule has 10 heteroatoms. The molecule has 4 rings (SSSR count). The number of ether oxygens (including phenoxy) is 4. The zero-order valence-electron chi connectivity index (χ0n) is 19.8. The monoisotopic (exact) mass is 491 g/mol. The van der Waals surface area contributed by atoms with Crippen LogP contribution in [0.1, 0.15) is 10.4 Å². The van der Waals surface area contributed by atoms with Crippen molar-refractivity contribution in [2.45, 2.75) is 0 Å². The minimum Gasteiger partial charge on any atom is -0.495 e. The first-order valence-electron chi connectivity index (χ1n) is 11.1. The molecule has 1 fully saturated rings. The van der Waals surface area contributed by atoms with Gasteiger partial charge in [0, 0.05) is 5.56 Å². The lowest BCUT2D eigenvalue weighted by Gasteiger charge is -2.18. The molecular formula is C26H25N3O7. The highest BCUT2D eigenvalue weighted by Crippen LogP contribution is 2.31. The van der Waals surface area contributed by atoms with Gasteiger partial charge in [-0.3, -0.25) is 14.5 Å². The third-order valence-electron chi connectivity index (χ3n) is 5.37. The van der Waals surface area contributed by atoms with Gasteiger partial charge in [0.1, 0.15) is 12.4 Å². The molecule has 0 spiro atoms. The lowest BCUT2D eigenvalue weighted by Crippen LogP contribution is -2.25. The fourth-order valence-corrected chi connectivity index (χ4v) is 3.63. The maximum Gasteiger partial charge on any atom is 0.414 e. The molecule has 0 aromatic heterocycles. The molecule has 0 atom stereocenters. The van der Waals surface area contributed by atoms with Crippen molar-refractivity contribution in [1.29, 1.82) is 0 Å². The summed E-state index contributed by atoms with van der Waals surface area (Å²) in [6.45, 7) is 0.409. The topological polar surface area (TPSA) is 115 Å². The first kappa shape index (κ1) is 24.4. The van der Waals surface area contributed by atoms with Crippen LogP contribution in [0.5, 0.6) is 17.2 Å². The molecule has 0 unspecified atom stereocenters. The van der Waals surface area contributed by atoms with Crippen LogP contribution in [-0.4, -0.2) is 51.9 Å². The summed E-state index contributed by atoms with van der Waals surface area (Å²) < 4.78 is 21.2. The van der Waals surface area contributed by atoms with Crippen molar-refractivity contribution in [2.75, 3.05) is 49.5 Å². The number of amides is 3. The van der Waals surface area contributed by atoms with Crippen molar-refractivity contribution in [3.05, 3.63) is 72.3 Å². The van der Waals surface area contributed by atoms with Gasteiger partial charge in [-0.15, -0.1) is 0 Å². The van der Waals surface area contributed by atoms with Crippen LogP contribution in [0.3, 0.4) is 0 Å². The van der Waals surface area contributed by atoms with Crippen LogP contribution in [0.4, 0.5) is 21.9 Å². The molecule has 1 heterocycles. The highest BCUT2D eigenvalue weighted by atomic mass is 16.6. The number of hydrogen-bond donors (Lipinski definition) is 2. The van der Waals surface area contributed by atoms with Crippen LogP contribution in [0.25, 0.3) is 0 Å². The second-order valence-electron chi connectivity index (χ2n) is 7.64. The highest BCUT2D eigenvalue weighted by molar-refractivity contribution is 6.07. The zero-order valence-corrected chi connectivity index (χ0v) is 19.8. The van der Waals surface area contributed by atoms with Gasteiger partial charge in [-0.1, -0.05) is 24.3 Å². The largest absolute Gasteiger partial charge is 0.495 e. The second kappa shape index (κ2) is 11.1. The van der Waals surface area contributed by atoms with E-state index in [1.165, 1.54) is 25.2 Å². The van der Waals surface area contributed by atoms with Gasteiger partial charge < -0.3 is 29.6 Å². The molecule has 186 valence electrons. The minimum absolute atomic E-state index is 0.279. The molecule has 10 nitrogen and oxygen atoms in total. The Morgan fingerprint density at radius 1 is 0.889 bits per heavy atom. The molecule has 1 aliphatic heterocycles. The molecule has 3 aromatic carbocycles. The first-order chi connectivity index (χ1) is 17.5. The van der Waals surface area contributed by atoms with Gasteiger partial charge in [0.25, 0.3) is 11.8 Å². The number of rotatable bonds is 9. The standard InChI is InChI=1S/C26H25N3O7/c1-33-21-10-6-4-8-19(21)27-24(30)16-36-22-12-11-17(15-23(22)34-2)25(31)28-18-7-3-5-9-20(18)29-13-14-35-26(29)32/h3-12,15H,13-14,16H2,1-2H3,(H,27,30)(H,28,31). The Bertz CT molecular complexity index is 1280. The van der Waals surface area contributed by atoms with E-state index in [0.717, 1.165) is 0 Å².